The van der Waals surface area contributed by atoms with E-state index in [0.29, 0.717) is 22.8 Å². The number of hydrogen-bond donors (Lipinski definition) is 2. The van der Waals surface area contributed by atoms with Gasteiger partial charge in [-0.25, -0.2) is 0 Å². The largest absolute Gasteiger partial charge is 0.325 e. The van der Waals surface area contributed by atoms with Crippen molar-refractivity contribution in [3.05, 3.63) is 64.7 Å². The quantitative estimate of drug-likeness (QED) is 0.892. The van der Waals surface area contributed by atoms with Crippen molar-refractivity contribution in [2.24, 2.45) is 0 Å². The zero-order chi connectivity index (χ0) is 15.1. The summed E-state index contributed by atoms with van der Waals surface area (Å²) in [6, 6.07) is 16.3. The van der Waals surface area contributed by atoms with Crippen LogP contribution in [-0.4, -0.2) is 12.5 Å². The lowest BCUT2D eigenvalue weighted by Gasteiger charge is -2.07. The van der Waals surface area contributed by atoms with E-state index in [1.165, 1.54) is 0 Å². The van der Waals surface area contributed by atoms with Gasteiger partial charge in [-0.1, -0.05) is 23.7 Å². The molecule has 0 aliphatic rings. The van der Waals surface area contributed by atoms with Crippen LogP contribution in [0.4, 0.5) is 5.69 Å². The summed E-state index contributed by atoms with van der Waals surface area (Å²) in [4.78, 5) is 11.8. The molecule has 106 valence electrons. The SMILES string of the molecule is N#Cc1cccc(CNCC(=O)Nc2ccc(Cl)cc2)c1. The van der Waals surface area contributed by atoms with Crippen LogP contribution in [0.15, 0.2) is 48.5 Å². The summed E-state index contributed by atoms with van der Waals surface area (Å²) in [5.74, 6) is -0.131. The van der Waals surface area contributed by atoms with Crippen molar-refractivity contribution >= 4 is 23.2 Å². The van der Waals surface area contributed by atoms with Crippen molar-refractivity contribution in [3.63, 3.8) is 0 Å². The van der Waals surface area contributed by atoms with Gasteiger partial charge in [-0.15, -0.1) is 0 Å². The second-order valence-electron chi connectivity index (χ2n) is 4.47. The van der Waals surface area contributed by atoms with Crippen molar-refractivity contribution in [2.75, 3.05) is 11.9 Å². The topological polar surface area (TPSA) is 64.9 Å². The van der Waals surface area contributed by atoms with Crippen molar-refractivity contribution in [3.8, 4) is 6.07 Å². The third-order valence-electron chi connectivity index (χ3n) is 2.80. The number of carbonyl (C=O) groups excluding carboxylic acids is 1. The van der Waals surface area contributed by atoms with Gasteiger partial charge in [0.05, 0.1) is 18.2 Å². The minimum atomic E-state index is -0.131. The Morgan fingerprint density at radius 2 is 1.95 bits per heavy atom. The van der Waals surface area contributed by atoms with Gasteiger partial charge in [0, 0.05) is 17.3 Å². The third kappa shape index (κ3) is 4.92. The van der Waals surface area contributed by atoms with Crippen molar-refractivity contribution in [1.82, 2.24) is 5.32 Å². The van der Waals surface area contributed by atoms with E-state index >= 15 is 0 Å². The maximum absolute atomic E-state index is 11.8. The van der Waals surface area contributed by atoms with Crippen molar-refractivity contribution < 1.29 is 4.79 Å². The number of anilines is 1. The molecule has 0 aliphatic heterocycles. The van der Waals surface area contributed by atoms with Crippen LogP contribution in [0.25, 0.3) is 0 Å². The van der Waals surface area contributed by atoms with E-state index in [1.807, 2.05) is 12.1 Å². The van der Waals surface area contributed by atoms with Crippen molar-refractivity contribution in [1.29, 1.82) is 5.26 Å². The Labute approximate surface area is 128 Å². The highest BCUT2D eigenvalue weighted by Gasteiger charge is 2.02. The van der Waals surface area contributed by atoms with Crippen LogP contribution in [0.1, 0.15) is 11.1 Å². The Morgan fingerprint density at radius 3 is 2.67 bits per heavy atom. The molecule has 2 rings (SSSR count). The monoisotopic (exact) mass is 299 g/mol. The zero-order valence-electron chi connectivity index (χ0n) is 11.3. The van der Waals surface area contributed by atoms with Crippen LogP contribution in [0, 0.1) is 11.3 Å². The summed E-state index contributed by atoms with van der Waals surface area (Å²) in [6.45, 7) is 0.725. The molecule has 0 aromatic heterocycles. The maximum Gasteiger partial charge on any atom is 0.238 e. The smallest absolute Gasteiger partial charge is 0.238 e. The molecule has 0 bridgehead atoms. The molecule has 2 aromatic carbocycles. The van der Waals surface area contributed by atoms with E-state index in [2.05, 4.69) is 16.7 Å². The highest BCUT2D eigenvalue weighted by Crippen LogP contribution is 2.13. The van der Waals surface area contributed by atoms with Crippen LogP contribution < -0.4 is 10.6 Å². The van der Waals surface area contributed by atoms with Gasteiger partial charge in [-0.05, 0) is 42.0 Å². The molecule has 2 N–H and O–H groups in total. The molecule has 5 heteroatoms. The van der Waals surface area contributed by atoms with Gasteiger partial charge in [0.1, 0.15) is 0 Å². The van der Waals surface area contributed by atoms with Gasteiger partial charge < -0.3 is 10.6 Å². The first kappa shape index (κ1) is 15.0. The number of halogens is 1. The normalized spacial score (nSPS) is 9.90. The molecule has 21 heavy (non-hydrogen) atoms. The van der Waals surface area contributed by atoms with Gasteiger partial charge in [-0.2, -0.15) is 5.26 Å². The standard InChI is InChI=1S/C16H14ClN3O/c17-14-4-6-15(7-5-14)20-16(21)11-19-10-13-3-1-2-12(8-13)9-18/h1-8,19H,10-11H2,(H,20,21). The highest BCUT2D eigenvalue weighted by atomic mass is 35.5. The number of amides is 1. The Bertz CT molecular complexity index is 662. The summed E-state index contributed by atoms with van der Waals surface area (Å²) >= 11 is 5.78. The molecule has 4 nitrogen and oxygen atoms in total. The molecular weight excluding hydrogens is 286 g/mol. The first-order valence-electron chi connectivity index (χ1n) is 6.42. The number of benzene rings is 2. The lowest BCUT2D eigenvalue weighted by molar-refractivity contribution is -0.115. The minimum Gasteiger partial charge on any atom is -0.325 e. The van der Waals surface area contributed by atoms with E-state index < -0.39 is 0 Å². The van der Waals surface area contributed by atoms with Crippen LogP contribution in [0.3, 0.4) is 0 Å². The van der Waals surface area contributed by atoms with Gasteiger partial charge >= 0.3 is 0 Å². The molecule has 0 saturated heterocycles. The second-order valence-corrected chi connectivity index (χ2v) is 4.91. The van der Waals surface area contributed by atoms with Gasteiger partial charge in [0.25, 0.3) is 0 Å². The minimum absolute atomic E-state index is 0.131. The molecule has 0 aliphatic carbocycles. The lowest BCUT2D eigenvalue weighted by atomic mass is 10.1. The number of nitrogens with one attached hydrogen (secondary N) is 2. The van der Waals surface area contributed by atoms with Crippen LogP contribution in [0.2, 0.25) is 5.02 Å². The highest BCUT2D eigenvalue weighted by molar-refractivity contribution is 6.30. The fourth-order valence-corrected chi connectivity index (χ4v) is 1.94. The van der Waals surface area contributed by atoms with E-state index in [9.17, 15) is 4.79 Å². The Balaban J connectivity index is 1.79. The first-order chi connectivity index (χ1) is 10.2. The molecule has 0 radical (unpaired) electrons. The molecule has 0 heterocycles. The molecule has 0 spiro atoms. The van der Waals surface area contributed by atoms with Gasteiger partial charge in [-0.3, -0.25) is 4.79 Å². The predicted molar refractivity (Wildman–Crippen MR) is 82.9 cm³/mol. The fourth-order valence-electron chi connectivity index (χ4n) is 1.81. The molecule has 1 amide bonds. The number of nitrogens with zero attached hydrogens (tertiary/aromatic N) is 1. The summed E-state index contributed by atoms with van der Waals surface area (Å²) in [5, 5.41) is 15.2. The van der Waals surface area contributed by atoms with E-state index in [0.717, 1.165) is 5.56 Å². The summed E-state index contributed by atoms with van der Waals surface area (Å²) in [6.07, 6.45) is 0. The molecule has 0 unspecified atom stereocenters. The lowest BCUT2D eigenvalue weighted by Crippen LogP contribution is -2.27. The average molecular weight is 300 g/mol. The molecule has 0 atom stereocenters. The fraction of sp³-hybridized carbons (Fsp3) is 0.125. The molecule has 2 aromatic rings. The summed E-state index contributed by atoms with van der Waals surface area (Å²) < 4.78 is 0. The predicted octanol–water partition coefficient (Wildman–Crippen LogP) is 2.94. The average Bonchev–Trinajstić information content (AvgIpc) is 2.50. The Morgan fingerprint density at radius 1 is 1.19 bits per heavy atom. The second kappa shape index (κ2) is 7.44. The zero-order valence-corrected chi connectivity index (χ0v) is 12.0. The first-order valence-corrected chi connectivity index (χ1v) is 6.80. The van der Waals surface area contributed by atoms with Crippen LogP contribution >= 0.6 is 11.6 Å². The number of nitriles is 1. The van der Waals surface area contributed by atoms with Crippen molar-refractivity contribution in [2.45, 2.75) is 6.54 Å². The number of hydrogen-bond acceptors (Lipinski definition) is 3. The van der Waals surface area contributed by atoms with E-state index in [-0.39, 0.29) is 12.5 Å². The van der Waals surface area contributed by atoms with Crippen LogP contribution in [0.5, 0.6) is 0 Å². The van der Waals surface area contributed by atoms with E-state index in [1.54, 1.807) is 36.4 Å². The summed E-state index contributed by atoms with van der Waals surface area (Å²) in [5.41, 5.74) is 2.28. The molecule has 0 fully saturated rings. The number of carbonyl (C=O) groups is 1. The summed E-state index contributed by atoms with van der Waals surface area (Å²) in [7, 11) is 0. The van der Waals surface area contributed by atoms with E-state index in [4.69, 9.17) is 16.9 Å². The van der Waals surface area contributed by atoms with Crippen LogP contribution in [-0.2, 0) is 11.3 Å². The Kier molecular flexibility index (Phi) is 5.33. The Hall–Kier alpha value is -2.35. The maximum atomic E-state index is 11.8. The third-order valence-corrected chi connectivity index (χ3v) is 3.05. The molecular formula is C16H14ClN3O. The van der Waals surface area contributed by atoms with Gasteiger partial charge in [0.15, 0.2) is 0 Å². The van der Waals surface area contributed by atoms with Gasteiger partial charge in [0.2, 0.25) is 5.91 Å². The number of rotatable bonds is 5. The molecule has 0 saturated carbocycles.